The van der Waals surface area contributed by atoms with Crippen molar-refractivity contribution >= 4 is 5.70 Å². The molecule has 0 unspecified atom stereocenters. The van der Waals surface area contributed by atoms with Crippen LogP contribution in [0.4, 0.5) is 0 Å². The van der Waals surface area contributed by atoms with Crippen molar-refractivity contribution < 1.29 is 5.11 Å². The molecule has 1 aromatic rings. The van der Waals surface area contributed by atoms with Crippen LogP contribution in [0, 0.1) is 5.92 Å². The first-order chi connectivity index (χ1) is 7.16. The van der Waals surface area contributed by atoms with Gasteiger partial charge in [-0.2, -0.15) is 0 Å². The Bertz CT molecular complexity index is 351. The maximum atomic E-state index is 9.91. The van der Waals surface area contributed by atoms with Gasteiger partial charge in [-0.05, 0) is 23.5 Å². The predicted octanol–water partition coefficient (Wildman–Crippen LogP) is 2.45. The molecule has 3 N–H and O–H groups in total. The van der Waals surface area contributed by atoms with Crippen LogP contribution in [0.3, 0.4) is 0 Å². The number of nitrogens with two attached hydrogens (primary N) is 1. The zero-order valence-corrected chi connectivity index (χ0v) is 8.82. The Morgan fingerprint density at radius 2 is 2.00 bits per heavy atom. The molecule has 1 aromatic carbocycles. The van der Waals surface area contributed by atoms with Crippen LogP contribution in [0.25, 0.3) is 5.70 Å². The molecule has 1 aliphatic carbocycles. The van der Waals surface area contributed by atoms with Crippen molar-refractivity contribution in [1.82, 2.24) is 0 Å². The maximum Gasteiger partial charge on any atom is 0.0792 e. The van der Waals surface area contributed by atoms with E-state index in [0.29, 0.717) is 5.70 Å². The van der Waals surface area contributed by atoms with Gasteiger partial charge in [-0.1, -0.05) is 43.7 Å². The van der Waals surface area contributed by atoms with Crippen molar-refractivity contribution in [1.29, 1.82) is 0 Å². The fraction of sp³-hybridized carbons (Fsp3) is 0.385. The molecular formula is C13H17NO. The molecule has 0 aliphatic heterocycles. The first kappa shape index (κ1) is 10.2. The lowest BCUT2D eigenvalue weighted by Crippen LogP contribution is -1.99. The van der Waals surface area contributed by atoms with E-state index in [1.165, 1.54) is 12.8 Å². The molecule has 0 saturated heterocycles. The van der Waals surface area contributed by atoms with Gasteiger partial charge in [0.1, 0.15) is 0 Å². The summed E-state index contributed by atoms with van der Waals surface area (Å²) in [7, 11) is 0. The number of hydrogen-bond acceptors (Lipinski definition) is 2. The van der Waals surface area contributed by atoms with E-state index in [0.717, 1.165) is 23.5 Å². The summed E-state index contributed by atoms with van der Waals surface area (Å²) in [5.74, 6) is 0.740. The second kappa shape index (κ2) is 4.07. The summed E-state index contributed by atoms with van der Waals surface area (Å²) in [6.07, 6.45) is 3.12. The van der Waals surface area contributed by atoms with Gasteiger partial charge >= 0.3 is 0 Å². The minimum absolute atomic E-state index is 0.322. The smallest absolute Gasteiger partial charge is 0.0792 e. The maximum absolute atomic E-state index is 9.91. The summed E-state index contributed by atoms with van der Waals surface area (Å²) < 4.78 is 0. The second-order valence-corrected chi connectivity index (χ2v) is 4.34. The lowest BCUT2D eigenvalue weighted by molar-refractivity contribution is 0.160. The Balaban J connectivity index is 2.04. The van der Waals surface area contributed by atoms with E-state index < -0.39 is 0 Å². The monoisotopic (exact) mass is 203 g/mol. The Labute approximate surface area is 90.4 Å². The Morgan fingerprint density at radius 1 is 1.40 bits per heavy atom. The molecule has 1 fully saturated rings. The topological polar surface area (TPSA) is 46.2 Å². The average molecular weight is 203 g/mol. The molecule has 2 nitrogen and oxygen atoms in total. The van der Waals surface area contributed by atoms with Crippen LogP contribution in [0.2, 0.25) is 0 Å². The van der Waals surface area contributed by atoms with Crippen LogP contribution in [0.5, 0.6) is 0 Å². The van der Waals surface area contributed by atoms with Crippen molar-refractivity contribution in [3.63, 3.8) is 0 Å². The van der Waals surface area contributed by atoms with Crippen LogP contribution >= 0.6 is 0 Å². The van der Waals surface area contributed by atoms with Gasteiger partial charge in [0.05, 0.1) is 6.10 Å². The minimum atomic E-state index is -0.322. The summed E-state index contributed by atoms with van der Waals surface area (Å²) in [6.45, 7) is 3.67. The van der Waals surface area contributed by atoms with Gasteiger partial charge in [0.2, 0.25) is 0 Å². The highest BCUT2D eigenvalue weighted by Crippen LogP contribution is 2.37. The highest BCUT2D eigenvalue weighted by atomic mass is 16.3. The highest BCUT2D eigenvalue weighted by Gasteiger charge is 2.24. The molecule has 0 amide bonds. The quantitative estimate of drug-likeness (QED) is 0.789. The SMILES string of the molecule is C=C(N)c1ccc([C@H](O)CC2CC2)cc1. The number of benzene rings is 1. The molecule has 1 aliphatic rings. The molecule has 0 bridgehead atoms. The number of hydrogen-bond donors (Lipinski definition) is 2. The average Bonchev–Trinajstić information content (AvgIpc) is 3.02. The fourth-order valence-electron chi connectivity index (χ4n) is 1.72. The molecule has 2 rings (SSSR count). The van der Waals surface area contributed by atoms with Crippen LogP contribution in [-0.2, 0) is 0 Å². The van der Waals surface area contributed by atoms with E-state index in [9.17, 15) is 5.11 Å². The molecule has 1 saturated carbocycles. The standard InChI is InChI=1S/C13H17NO/c1-9(14)11-4-6-12(7-5-11)13(15)8-10-2-3-10/h4-7,10,13,15H,1-3,8,14H2/t13-/m1/s1. The summed E-state index contributed by atoms with van der Waals surface area (Å²) >= 11 is 0. The molecular weight excluding hydrogens is 186 g/mol. The third-order valence-corrected chi connectivity index (χ3v) is 2.92. The minimum Gasteiger partial charge on any atom is -0.399 e. The normalized spacial score (nSPS) is 17.4. The summed E-state index contributed by atoms with van der Waals surface area (Å²) in [5.41, 5.74) is 8.05. The van der Waals surface area contributed by atoms with Crippen LogP contribution in [0.15, 0.2) is 30.8 Å². The zero-order chi connectivity index (χ0) is 10.8. The van der Waals surface area contributed by atoms with Crippen LogP contribution < -0.4 is 5.73 Å². The van der Waals surface area contributed by atoms with Gasteiger partial charge < -0.3 is 10.8 Å². The van der Waals surface area contributed by atoms with Crippen molar-refractivity contribution in [2.75, 3.05) is 0 Å². The van der Waals surface area contributed by atoms with Gasteiger partial charge in [0.25, 0.3) is 0 Å². The molecule has 15 heavy (non-hydrogen) atoms. The first-order valence-electron chi connectivity index (χ1n) is 5.39. The second-order valence-electron chi connectivity index (χ2n) is 4.34. The Morgan fingerprint density at radius 3 is 2.47 bits per heavy atom. The Kier molecular flexibility index (Phi) is 2.78. The number of aliphatic hydroxyl groups is 1. The summed E-state index contributed by atoms with van der Waals surface area (Å²) in [5, 5.41) is 9.91. The third-order valence-electron chi connectivity index (χ3n) is 2.92. The highest BCUT2D eigenvalue weighted by molar-refractivity contribution is 5.60. The van der Waals surface area contributed by atoms with Gasteiger partial charge in [-0.15, -0.1) is 0 Å². The van der Waals surface area contributed by atoms with Crippen molar-refractivity contribution in [2.45, 2.75) is 25.4 Å². The van der Waals surface area contributed by atoms with Crippen molar-refractivity contribution in [3.8, 4) is 0 Å². The van der Waals surface area contributed by atoms with Crippen molar-refractivity contribution in [2.24, 2.45) is 11.7 Å². The summed E-state index contributed by atoms with van der Waals surface area (Å²) in [4.78, 5) is 0. The van der Waals surface area contributed by atoms with Gasteiger partial charge in [-0.3, -0.25) is 0 Å². The van der Waals surface area contributed by atoms with Crippen molar-refractivity contribution in [3.05, 3.63) is 42.0 Å². The lowest BCUT2D eigenvalue weighted by Gasteiger charge is -2.10. The lowest BCUT2D eigenvalue weighted by atomic mass is 10.0. The number of aliphatic hydroxyl groups excluding tert-OH is 1. The van der Waals surface area contributed by atoms with E-state index in [1.807, 2.05) is 24.3 Å². The molecule has 0 spiro atoms. The van der Waals surface area contributed by atoms with E-state index in [4.69, 9.17) is 5.73 Å². The molecule has 80 valence electrons. The van der Waals surface area contributed by atoms with E-state index in [1.54, 1.807) is 0 Å². The van der Waals surface area contributed by atoms with Gasteiger partial charge in [0, 0.05) is 5.70 Å². The molecule has 1 atom stereocenters. The summed E-state index contributed by atoms with van der Waals surface area (Å²) in [6, 6.07) is 7.68. The predicted molar refractivity (Wildman–Crippen MR) is 62.0 cm³/mol. The third kappa shape index (κ3) is 2.60. The largest absolute Gasteiger partial charge is 0.399 e. The molecule has 0 radical (unpaired) electrons. The van der Waals surface area contributed by atoms with Gasteiger partial charge in [0.15, 0.2) is 0 Å². The molecule has 0 aromatic heterocycles. The Hall–Kier alpha value is -1.28. The van der Waals surface area contributed by atoms with E-state index in [-0.39, 0.29) is 6.10 Å². The zero-order valence-electron chi connectivity index (χ0n) is 8.82. The van der Waals surface area contributed by atoms with E-state index >= 15 is 0 Å². The fourth-order valence-corrected chi connectivity index (χ4v) is 1.72. The number of rotatable bonds is 4. The first-order valence-corrected chi connectivity index (χ1v) is 5.39. The molecule has 2 heteroatoms. The van der Waals surface area contributed by atoms with Gasteiger partial charge in [-0.25, -0.2) is 0 Å². The van der Waals surface area contributed by atoms with E-state index in [2.05, 4.69) is 6.58 Å². The van der Waals surface area contributed by atoms with Crippen LogP contribution in [-0.4, -0.2) is 5.11 Å². The molecule has 0 heterocycles. The van der Waals surface area contributed by atoms with Crippen LogP contribution in [0.1, 0.15) is 36.5 Å².